The van der Waals surface area contributed by atoms with Crippen LogP contribution in [0.4, 0.5) is 0 Å². The van der Waals surface area contributed by atoms with Gasteiger partial charge in [0, 0.05) is 31.5 Å². The number of nitrogens with one attached hydrogen (secondary N) is 1. The molecular weight excluding hydrogens is 344 g/mol. The Hall–Kier alpha value is -2.96. The molecule has 0 aliphatic carbocycles. The molecule has 1 aromatic carbocycles. The first-order valence-corrected chi connectivity index (χ1v) is 9.22. The molecular formula is C20H24N4O3. The summed E-state index contributed by atoms with van der Waals surface area (Å²) in [6.45, 7) is 3.30. The monoisotopic (exact) mass is 368 g/mol. The number of ether oxygens (including phenoxy) is 1. The molecule has 0 atom stereocenters. The van der Waals surface area contributed by atoms with Crippen LogP contribution in [-0.2, 0) is 11.2 Å². The molecule has 7 heteroatoms. The van der Waals surface area contributed by atoms with E-state index in [1.165, 1.54) is 18.6 Å². The molecule has 2 aromatic rings. The quantitative estimate of drug-likeness (QED) is 0.841. The summed E-state index contributed by atoms with van der Waals surface area (Å²) in [5.74, 6) is 0.506. The smallest absolute Gasteiger partial charge is 0.271 e. The molecule has 0 unspecified atom stereocenters. The number of para-hydroxylation sites is 1. The summed E-state index contributed by atoms with van der Waals surface area (Å²) in [6, 6.07) is 7.80. The number of aromatic nitrogens is 2. The molecule has 1 N–H and O–H groups in total. The van der Waals surface area contributed by atoms with Crippen molar-refractivity contribution in [3.05, 3.63) is 54.1 Å². The van der Waals surface area contributed by atoms with Gasteiger partial charge < -0.3 is 15.0 Å². The molecule has 0 bridgehead atoms. The Morgan fingerprint density at radius 3 is 2.70 bits per heavy atom. The molecule has 27 heavy (non-hydrogen) atoms. The van der Waals surface area contributed by atoms with Gasteiger partial charge in [-0.25, -0.2) is 4.98 Å². The number of likely N-dealkylation sites (tertiary alicyclic amines) is 1. The maximum absolute atomic E-state index is 12.4. The number of aryl methyl sites for hydroxylation is 1. The van der Waals surface area contributed by atoms with Crippen LogP contribution in [0.2, 0.25) is 0 Å². The van der Waals surface area contributed by atoms with E-state index in [1.54, 1.807) is 4.90 Å². The summed E-state index contributed by atoms with van der Waals surface area (Å²) in [6.07, 6.45) is 6.75. The molecule has 2 amide bonds. The van der Waals surface area contributed by atoms with Gasteiger partial charge in [0.2, 0.25) is 0 Å². The van der Waals surface area contributed by atoms with Gasteiger partial charge in [-0.3, -0.25) is 14.6 Å². The van der Waals surface area contributed by atoms with Gasteiger partial charge >= 0.3 is 0 Å². The molecule has 142 valence electrons. The van der Waals surface area contributed by atoms with Crippen molar-refractivity contribution in [2.75, 3.05) is 19.7 Å². The van der Waals surface area contributed by atoms with Crippen molar-refractivity contribution in [3.63, 3.8) is 0 Å². The van der Waals surface area contributed by atoms with E-state index < -0.39 is 0 Å². The molecule has 0 radical (unpaired) electrons. The first kappa shape index (κ1) is 18.8. The highest BCUT2D eigenvalue weighted by atomic mass is 16.5. The molecule has 1 saturated heterocycles. The van der Waals surface area contributed by atoms with Crippen molar-refractivity contribution < 1.29 is 14.3 Å². The van der Waals surface area contributed by atoms with Crippen LogP contribution in [0.25, 0.3) is 0 Å². The number of hydrogen-bond donors (Lipinski definition) is 1. The topological polar surface area (TPSA) is 84.4 Å². The van der Waals surface area contributed by atoms with Crippen molar-refractivity contribution in [1.29, 1.82) is 0 Å². The van der Waals surface area contributed by atoms with E-state index in [2.05, 4.69) is 22.2 Å². The van der Waals surface area contributed by atoms with E-state index >= 15 is 0 Å². The van der Waals surface area contributed by atoms with Gasteiger partial charge in [0.1, 0.15) is 11.4 Å². The highest BCUT2D eigenvalue weighted by Crippen LogP contribution is 2.19. The number of rotatable bonds is 6. The van der Waals surface area contributed by atoms with Crippen LogP contribution in [0.1, 0.15) is 35.8 Å². The van der Waals surface area contributed by atoms with Gasteiger partial charge in [-0.15, -0.1) is 0 Å². The Balaban J connectivity index is 1.44. The number of carbonyl (C=O) groups is 2. The van der Waals surface area contributed by atoms with Gasteiger partial charge in [0.15, 0.2) is 6.61 Å². The lowest BCUT2D eigenvalue weighted by molar-refractivity contribution is -0.134. The molecule has 7 nitrogen and oxygen atoms in total. The van der Waals surface area contributed by atoms with E-state index in [-0.39, 0.29) is 24.5 Å². The Kier molecular flexibility index (Phi) is 6.35. The summed E-state index contributed by atoms with van der Waals surface area (Å²) in [5, 5.41) is 2.96. The van der Waals surface area contributed by atoms with E-state index in [0.717, 1.165) is 17.7 Å². The van der Waals surface area contributed by atoms with Crippen molar-refractivity contribution in [3.8, 4) is 5.75 Å². The van der Waals surface area contributed by atoms with Crippen LogP contribution in [-0.4, -0.2) is 52.4 Å². The summed E-state index contributed by atoms with van der Waals surface area (Å²) in [4.78, 5) is 34.2. The third kappa shape index (κ3) is 5.03. The van der Waals surface area contributed by atoms with Crippen LogP contribution in [0, 0.1) is 0 Å². The zero-order chi connectivity index (χ0) is 19.1. The van der Waals surface area contributed by atoms with Crippen LogP contribution in [0.15, 0.2) is 42.9 Å². The standard InChI is InChI=1S/C20H24N4O3/c1-2-15-5-3-4-6-18(15)27-14-19(25)24-11-7-16(8-12-24)23-20(26)17-13-21-9-10-22-17/h3-6,9-10,13,16H,2,7-8,11-12,14H2,1H3,(H,23,26). The Morgan fingerprint density at radius 2 is 2.00 bits per heavy atom. The lowest BCUT2D eigenvalue weighted by atomic mass is 10.0. The van der Waals surface area contributed by atoms with Gasteiger partial charge in [0.05, 0.1) is 6.20 Å². The predicted molar refractivity (Wildman–Crippen MR) is 100 cm³/mol. The van der Waals surface area contributed by atoms with Crippen molar-refractivity contribution >= 4 is 11.8 Å². The fourth-order valence-electron chi connectivity index (χ4n) is 3.12. The van der Waals surface area contributed by atoms with Crippen LogP contribution in [0.3, 0.4) is 0 Å². The van der Waals surface area contributed by atoms with Gasteiger partial charge in [-0.05, 0) is 30.9 Å². The number of nitrogens with zero attached hydrogens (tertiary/aromatic N) is 3. The third-order valence-corrected chi connectivity index (χ3v) is 4.68. The fraction of sp³-hybridized carbons (Fsp3) is 0.400. The summed E-state index contributed by atoms with van der Waals surface area (Å²) in [7, 11) is 0. The SMILES string of the molecule is CCc1ccccc1OCC(=O)N1CCC(NC(=O)c2cnccn2)CC1. The molecule has 1 fully saturated rings. The Bertz CT molecular complexity index is 774. The van der Waals surface area contributed by atoms with Crippen LogP contribution >= 0.6 is 0 Å². The second kappa shape index (κ2) is 9.12. The normalized spacial score (nSPS) is 14.6. The lowest BCUT2D eigenvalue weighted by Gasteiger charge is -2.32. The average molecular weight is 368 g/mol. The van der Waals surface area contributed by atoms with Gasteiger partial charge in [-0.1, -0.05) is 25.1 Å². The first-order chi connectivity index (χ1) is 13.2. The van der Waals surface area contributed by atoms with E-state index in [4.69, 9.17) is 4.74 Å². The zero-order valence-electron chi connectivity index (χ0n) is 15.4. The Labute approximate surface area is 158 Å². The van der Waals surface area contributed by atoms with Gasteiger partial charge in [0.25, 0.3) is 11.8 Å². The summed E-state index contributed by atoms with van der Waals surface area (Å²) in [5.41, 5.74) is 1.40. The number of carbonyl (C=O) groups excluding carboxylic acids is 2. The molecule has 2 heterocycles. The van der Waals surface area contributed by atoms with Crippen LogP contribution < -0.4 is 10.1 Å². The highest BCUT2D eigenvalue weighted by molar-refractivity contribution is 5.92. The molecule has 1 aromatic heterocycles. The second-order valence-electron chi connectivity index (χ2n) is 6.47. The van der Waals surface area contributed by atoms with E-state index in [9.17, 15) is 9.59 Å². The number of piperidine rings is 1. The summed E-state index contributed by atoms with van der Waals surface area (Å²) < 4.78 is 5.72. The fourth-order valence-corrected chi connectivity index (χ4v) is 3.12. The largest absolute Gasteiger partial charge is 0.483 e. The second-order valence-corrected chi connectivity index (χ2v) is 6.47. The molecule has 0 saturated carbocycles. The summed E-state index contributed by atoms with van der Waals surface area (Å²) >= 11 is 0. The number of hydrogen-bond acceptors (Lipinski definition) is 5. The number of amides is 2. The molecule has 1 aliphatic rings. The van der Waals surface area contributed by atoms with Crippen molar-refractivity contribution in [1.82, 2.24) is 20.2 Å². The lowest BCUT2D eigenvalue weighted by Crippen LogP contribution is -2.47. The van der Waals surface area contributed by atoms with Crippen molar-refractivity contribution in [2.24, 2.45) is 0 Å². The van der Waals surface area contributed by atoms with E-state index in [0.29, 0.717) is 31.6 Å². The minimum Gasteiger partial charge on any atom is -0.483 e. The van der Waals surface area contributed by atoms with E-state index in [1.807, 2.05) is 24.3 Å². The number of benzene rings is 1. The maximum atomic E-state index is 12.4. The van der Waals surface area contributed by atoms with Crippen LogP contribution in [0.5, 0.6) is 5.75 Å². The predicted octanol–water partition coefficient (Wildman–Crippen LogP) is 1.84. The van der Waals surface area contributed by atoms with Gasteiger partial charge in [-0.2, -0.15) is 0 Å². The average Bonchev–Trinajstić information content (AvgIpc) is 2.73. The highest BCUT2D eigenvalue weighted by Gasteiger charge is 2.24. The molecule has 1 aliphatic heterocycles. The first-order valence-electron chi connectivity index (χ1n) is 9.22. The molecule has 0 spiro atoms. The minimum atomic E-state index is -0.229. The minimum absolute atomic E-state index is 0.0281. The molecule has 3 rings (SSSR count). The zero-order valence-corrected chi connectivity index (χ0v) is 15.4. The Morgan fingerprint density at radius 1 is 1.22 bits per heavy atom. The maximum Gasteiger partial charge on any atom is 0.271 e. The third-order valence-electron chi connectivity index (χ3n) is 4.68. The van der Waals surface area contributed by atoms with Crippen molar-refractivity contribution in [2.45, 2.75) is 32.2 Å².